The van der Waals surface area contributed by atoms with E-state index in [0.717, 1.165) is 12.8 Å². The van der Waals surface area contributed by atoms with Crippen molar-refractivity contribution in [1.82, 2.24) is 5.43 Å². The first-order chi connectivity index (χ1) is 6.77. The zero-order valence-electron chi connectivity index (χ0n) is 8.15. The molecule has 78 valence electrons. The number of nitrogens with zero attached hydrogens (tertiary/aromatic N) is 1. The largest absolute Gasteiger partial charge is 0.481 e. The molecule has 2 N–H and O–H groups in total. The zero-order chi connectivity index (χ0) is 9.97. The van der Waals surface area contributed by atoms with Crippen LogP contribution in [0.15, 0.2) is 5.10 Å². The number of hydrogen-bond acceptors (Lipinski definition) is 3. The summed E-state index contributed by atoms with van der Waals surface area (Å²) in [5.74, 6) is 0.348. The molecule has 0 radical (unpaired) electrons. The van der Waals surface area contributed by atoms with Gasteiger partial charge in [-0.2, -0.15) is 5.10 Å². The summed E-state index contributed by atoms with van der Waals surface area (Å²) in [6.45, 7) is 0. The van der Waals surface area contributed by atoms with Crippen molar-refractivity contribution in [3.63, 3.8) is 0 Å². The summed E-state index contributed by atoms with van der Waals surface area (Å²) in [4.78, 5) is 10.5. The Kier molecular flexibility index (Phi) is 2.70. The summed E-state index contributed by atoms with van der Waals surface area (Å²) in [7, 11) is 0. The molecule has 0 amide bonds. The number of hydrazone groups is 1. The van der Waals surface area contributed by atoms with E-state index in [2.05, 4.69) is 10.5 Å². The first kappa shape index (κ1) is 9.49. The Morgan fingerprint density at radius 2 is 2.43 bits per heavy atom. The predicted octanol–water partition coefficient (Wildman–Crippen LogP) is 1.23. The third-order valence-electron chi connectivity index (χ3n) is 3.30. The molecule has 3 unspecified atom stereocenters. The SMILES string of the molecule is O=C(O)CCC1CCCC2C=NNC21. The molecule has 0 spiro atoms. The van der Waals surface area contributed by atoms with E-state index in [1.807, 2.05) is 6.21 Å². The quantitative estimate of drug-likeness (QED) is 0.713. The number of nitrogens with one attached hydrogen (secondary N) is 1. The number of fused-ring (bicyclic) bond motifs is 1. The number of carboxylic acids is 1. The summed E-state index contributed by atoms with van der Waals surface area (Å²) in [6, 6.07) is 0.406. The lowest BCUT2D eigenvalue weighted by Gasteiger charge is -2.32. The van der Waals surface area contributed by atoms with E-state index in [0.29, 0.717) is 17.9 Å². The maximum absolute atomic E-state index is 10.5. The van der Waals surface area contributed by atoms with Crippen LogP contribution in [0.5, 0.6) is 0 Å². The second-order valence-corrected chi connectivity index (χ2v) is 4.22. The lowest BCUT2D eigenvalue weighted by molar-refractivity contribution is -0.137. The van der Waals surface area contributed by atoms with E-state index < -0.39 is 5.97 Å². The minimum Gasteiger partial charge on any atom is -0.481 e. The highest BCUT2D eigenvalue weighted by molar-refractivity contribution is 5.67. The Hall–Kier alpha value is -1.06. The standard InChI is InChI=1S/C10H16N2O2/c13-9(14)5-4-7-2-1-3-8-6-11-12-10(7)8/h6-8,10,12H,1-5H2,(H,13,14). The molecule has 0 aromatic carbocycles. The first-order valence-corrected chi connectivity index (χ1v) is 5.28. The van der Waals surface area contributed by atoms with Crippen molar-refractivity contribution in [2.75, 3.05) is 0 Å². The average Bonchev–Trinajstić information content (AvgIpc) is 2.62. The van der Waals surface area contributed by atoms with E-state index in [1.165, 1.54) is 12.8 Å². The van der Waals surface area contributed by atoms with Crippen molar-refractivity contribution in [2.24, 2.45) is 16.9 Å². The highest BCUT2D eigenvalue weighted by Crippen LogP contribution is 2.33. The van der Waals surface area contributed by atoms with Crippen molar-refractivity contribution in [3.8, 4) is 0 Å². The molecule has 0 saturated heterocycles. The van der Waals surface area contributed by atoms with Crippen LogP contribution in [0.3, 0.4) is 0 Å². The summed E-state index contributed by atoms with van der Waals surface area (Å²) in [6.07, 6.45) is 6.61. The molecule has 0 aromatic heterocycles. The highest BCUT2D eigenvalue weighted by Gasteiger charge is 2.34. The van der Waals surface area contributed by atoms with Crippen LogP contribution in [0.2, 0.25) is 0 Å². The molecule has 1 heterocycles. The molecule has 2 aliphatic rings. The number of aliphatic carboxylic acids is 1. The third-order valence-corrected chi connectivity index (χ3v) is 3.30. The van der Waals surface area contributed by atoms with Gasteiger partial charge in [-0.3, -0.25) is 4.79 Å². The minimum absolute atomic E-state index is 0.287. The molecular weight excluding hydrogens is 180 g/mol. The Balaban J connectivity index is 1.88. The van der Waals surface area contributed by atoms with Crippen molar-refractivity contribution in [2.45, 2.75) is 38.1 Å². The number of carboxylic acid groups (broad SMARTS) is 1. The van der Waals surface area contributed by atoms with Gasteiger partial charge in [0, 0.05) is 18.6 Å². The van der Waals surface area contributed by atoms with Crippen LogP contribution in [0.4, 0.5) is 0 Å². The van der Waals surface area contributed by atoms with Gasteiger partial charge in [0.1, 0.15) is 0 Å². The molecule has 1 aliphatic carbocycles. The fourth-order valence-electron chi connectivity index (χ4n) is 2.55. The van der Waals surface area contributed by atoms with E-state index in [9.17, 15) is 4.79 Å². The van der Waals surface area contributed by atoms with Gasteiger partial charge in [-0.05, 0) is 25.2 Å². The summed E-state index contributed by atoms with van der Waals surface area (Å²) >= 11 is 0. The highest BCUT2D eigenvalue weighted by atomic mass is 16.4. The third kappa shape index (κ3) is 1.89. The molecule has 14 heavy (non-hydrogen) atoms. The molecule has 0 aromatic rings. The Labute approximate surface area is 83.4 Å². The van der Waals surface area contributed by atoms with E-state index >= 15 is 0 Å². The molecule has 4 nitrogen and oxygen atoms in total. The van der Waals surface area contributed by atoms with Gasteiger partial charge in [-0.15, -0.1) is 0 Å². The average molecular weight is 196 g/mol. The molecule has 2 rings (SSSR count). The van der Waals surface area contributed by atoms with Gasteiger partial charge < -0.3 is 10.5 Å². The van der Waals surface area contributed by atoms with Crippen LogP contribution in [-0.2, 0) is 4.79 Å². The molecule has 0 bridgehead atoms. The smallest absolute Gasteiger partial charge is 0.303 e. The molecule has 1 aliphatic heterocycles. The molecule has 1 fully saturated rings. The fraction of sp³-hybridized carbons (Fsp3) is 0.800. The van der Waals surface area contributed by atoms with Crippen molar-refractivity contribution in [3.05, 3.63) is 0 Å². The summed E-state index contributed by atoms with van der Waals surface area (Å²) in [5, 5.41) is 12.7. The van der Waals surface area contributed by atoms with Gasteiger partial charge in [0.25, 0.3) is 0 Å². The van der Waals surface area contributed by atoms with Gasteiger partial charge in [0.2, 0.25) is 0 Å². The maximum Gasteiger partial charge on any atom is 0.303 e. The van der Waals surface area contributed by atoms with Crippen LogP contribution in [0, 0.1) is 11.8 Å². The van der Waals surface area contributed by atoms with E-state index in [1.54, 1.807) is 0 Å². The van der Waals surface area contributed by atoms with Crippen LogP contribution in [0.1, 0.15) is 32.1 Å². The van der Waals surface area contributed by atoms with Gasteiger partial charge in [-0.1, -0.05) is 6.42 Å². The summed E-state index contributed by atoms with van der Waals surface area (Å²) < 4.78 is 0. The number of rotatable bonds is 3. The lowest BCUT2D eigenvalue weighted by Crippen LogP contribution is -2.39. The fourth-order valence-corrected chi connectivity index (χ4v) is 2.55. The molecule has 3 atom stereocenters. The van der Waals surface area contributed by atoms with Crippen LogP contribution in [0.25, 0.3) is 0 Å². The minimum atomic E-state index is -0.689. The normalized spacial score (nSPS) is 35.0. The second kappa shape index (κ2) is 3.98. The molecule has 1 saturated carbocycles. The maximum atomic E-state index is 10.5. The zero-order valence-corrected chi connectivity index (χ0v) is 8.15. The predicted molar refractivity (Wildman–Crippen MR) is 53.1 cm³/mol. The number of carbonyl (C=O) groups is 1. The van der Waals surface area contributed by atoms with Crippen LogP contribution < -0.4 is 5.43 Å². The summed E-state index contributed by atoms with van der Waals surface area (Å²) in [5.41, 5.74) is 3.11. The first-order valence-electron chi connectivity index (χ1n) is 5.28. The number of hydrogen-bond donors (Lipinski definition) is 2. The molecular formula is C10H16N2O2. The topological polar surface area (TPSA) is 61.7 Å². The van der Waals surface area contributed by atoms with Gasteiger partial charge in [0.05, 0.1) is 6.04 Å². The van der Waals surface area contributed by atoms with Crippen molar-refractivity contribution in [1.29, 1.82) is 0 Å². The van der Waals surface area contributed by atoms with Crippen LogP contribution in [-0.4, -0.2) is 23.3 Å². The van der Waals surface area contributed by atoms with Gasteiger partial charge >= 0.3 is 5.97 Å². The van der Waals surface area contributed by atoms with Gasteiger partial charge in [0.15, 0.2) is 0 Å². The second-order valence-electron chi connectivity index (χ2n) is 4.22. The van der Waals surface area contributed by atoms with Crippen molar-refractivity contribution < 1.29 is 9.90 Å². The van der Waals surface area contributed by atoms with Gasteiger partial charge in [-0.25, -0.2) is 0 Å². The Bertz CT molecular complexity index is 253. The lowest BCUT2D eigenvalue weighted by atomic mass is 9.76. The van der Waals surface area contributed by atoms with Crippen molar-refractivity contribution >= 4 is 12.2 Å². The van der Waals surface area contributed by atoms with E-state index in [-0.39, 0.29) is 6.42 Å². The molecule has 4 heteroatoms. The van der Waals surface area contributed by atoms with Crippen LogP contribution >= 0.6 is 0 Å². The monoisotopic (exact) mass is 196 g/mol. The Morgan fingerprint density at radius 1 is 1.57 bits per heavy atom. The van der Waals surface area contributed by atoms with E-state index in [4.69, 9.17) is 5.11 Å². The Morgan fingerprint density at radius 3 is 3.21 bits per heavy atom.